The van der Waals surface area contributed by atoms with Crippen LogP contribution in [0.25, 0.3) is 5.57 Å². The molecule has 0 fully saturated rings. The average molecular weight is 432 g/mol. The molecule has 122 valence electrons. The summed E-state index contributed by atoms with van der Waals surface area (Å²) in [5.41, 5.74) is 4.32. The summed E-state index contributed by atoms with van der Waals surface area (Å²) in [6.07, 6.45) is 3.49. The molecule has 2 unspecified atom stereocenters. The molecule has 2 heterocycles. The van der Waals surface area contributed by atoms with Crippen LogP contribution in [0.4, 0.5) is 0 Å². The van der Waals surface area contributed by atoms with Gasteiger partial charge in [0.15, 0.2) is 0 Å². The van der Waals surface area contributed by atoms with Gasteiger partial charge in [0.2, 0.25) is 0 Å². The van der Waals surface area contributed by atoms with Crippen molar-refractivity contribution < 1.29 is 9.90 Å². The van der Waals surface area contributed by atoms with Crippen LogP contribution < -0.4 is 0 Å². The molecular formula is C19H17IN2O2. The number of nitrogens with zero attached hydrogens (tertiary/aromatic N) is 2. The van der Waals surface area contributed by atoms with Gasteiger partial charge < -0.3 is 5.11 Å². The molecule has 0 bridgehead atoms. The van der Waals surface area contributed by atoms with E-state index >= 15 is 0 Å². The molecular weight excluding hydrogens is 415 g/mol. The average Bonchev–Trinajstić information content (AvgIpc) is 2.55. The van der Waals surface area contributed by atoms with E-state index in [1.165, 1.54) is 0 Å². The molecule has 2 atom stereocenters. The number of benzene rings is 1. The van der Waals surface area contributed by atoms with Gasteiger partial charge in [0, 0.05) is 33.3 Å². The minimum atomic E-state index is -0.853. The molecule has 0 aliphatic carbocycles. The Morgan fingerprint density at radius 3 is 2.46 bits per heavy atom. The van der Waals surface area contributed by atoms with Crippen LogP contribution in [0.1, 0.15) is 30.9 Å². The quantitative estimate of drug-likeness (QED) is 0.733. The lowest BCUT2D eigenvalue weighted by Crippen LogP contribution is -2.32. The summed E-state index contributed by atoms with van der Waals surface area (Å²) < 4.78 is 1.12. The van der Waals surface area contributed by atoms with E-state index in [9.17, 15) is 9.90 Å². The molecule has 1 aliphatic rings. The zero-order valence-corrected chi connectivity index (χ0v) is 15.6. The van der Waals surface area contributed by atoms with Crippen LogP contribution in [-0.2, 0) is 4.79 Å². The molecule has 1 aromatic carbocycles. The molecule has 3 rings (SSSR count). The summed E-state index contributed by atoms with van der Waals surface area (Å²) >= 11 is 2.25. The van der Waals surface area contributed by atoms with Gasteiger partial charge in [0.1, 0.15) is 5.92 Å². The zero-order valence-electron chi connectivity index (χ0n) is 13.4. The number of pyridine rings is 1. The van der Waals surface area contributed by atoms with E-state index in [4.69, 9.17) is 0 Å². The smallest absolute Gasteiger partial charge is 0.313 e. The summed E-state index contributed by atoms with van der Waals surface area (Å²) in [5, 5.41) is 9.83. The maximum atomic E-state index is 12.0. The number of halogens is 1. The summed E-state index contributed by atoms with van der Waals surface area (Å²) in [6.45, 7) is 3.73. The third kappa shape index (κ3) is 3.13. The summed E-state index contributed by atoms with van der Waals surface area (Å²) in [5.74, 6) is -1.81. The number of aromatic nitrogens is 1. The van der Waals surface area contributed by atoms with Crippen molar-refractivity contribution in [1.29, 1.82) is 0 Å². The minimum absolute atomic E-state index is 0.277. The van der Waals surface area contributed by atoms with Crippen LogP contribution in [0, 0.1) is 9.49 Å². The van der Waals surface area contributed by atoms with Crippen molar-refractivity contribution in [3.8, 4) is 0 Å². The lowest BCUT2D eigenvalue weighted by Gasteiger charge is -2.31. The maximum absolute atomic E-state index is 12.0. The molecule has 0 saturated carbocycles. The number of allylic oxidation sites excluding steroid dienone is 2. The standard InChI is InChI=1S/C19H17IN2O2/c1-11-16(14-4-3-9-21-10-14)18(13-5-7-15(20)8-6-13)17(19(23)24)12(2)22-11/h3-10,17-18H,1-2H3,(H,23,24). The fourth-order valence-electron chi connectivity index (χ4n) is 3.29. The van der Waals surface area contributed by atoms with Crippen molar-refractivity contribution >= 4 is 39.8 Å². The molecule has 1 N–H and O–H groups in total. The highest BCUT2D eigenvalue weighted by Gasteiger charge is 2.38. The fourth-order valence-corrected chi connectivity index (χ4v) is 3.65. The number of aliphatic imine (C=N–C) groups is 1. The Bertz CT molecular complexity index is 826. The first kappa shape index (κ1) is 16.8. The second-order valence-corrected chi connectivity index (χ2v) is 7.08. The van der Waals surface area contributed by atoms with Crippen molar-refractivity contribution in [2.75, 3.05) is 0 Å². The van der Waals surface area contributed by atoms with E-state index in [0.717, 1.165) is 26.0 Å². The van der Waals surface area contributed by atoms with Gasteiger partial charge in [-0.25, -0.2) is 0 Å². The topological polar surface area (TPSA) is 62.5 Å². The highest BCUT2D eigenvalue weighted by Crippen LogP contribution is 2.43. The summed E-state index contributed by atoms with van der Waals surface area (Å²) in [7, 11) is 0. The Morgan fingerprint density at radius 1 is 1.17 bits per heavy atom. The number of rotatable bonds is 3. The van der Waals surface area contributed by atoms with Gasteiger partial charge in [-0.2, -0.15) is 0 Å². The normalized spacial score (nSPS) is 20.7. The molecule has 1 aliphatic heterocycles. The van der Waals surface area contributed by atoms with Crippen molar-refractivity contribution in [2.45, 2.75) is 19.8 Å². The lowest BCUT2D eigenvalue weighted by molar-refractivity contribution is -0.139. The Morgan fingerprint density at radius 2 is 1.88 bits per heavy atom. The summed E-state index contributed by atoms with van der Waals surface area (Å²) in [6, 6.07) is 11.8. The fraction of sp³-hybridized carbons (Fsp3) is 0.211. The number of hydrogen-bond donors (Lipinski definition) is 1. The second-order valence-electron chi connectivity index (χ2n) is 5.84. The molecule has 0 amide bonds. The largest absolute Gasteiger partial charge is 0.481 e. The number of carboxylic acids is 1. The first-order chi connectivity index (χ1) is 11.5. The second kappa shape index (κ2) is 6.84. The minimum Gasteiger partial charge on any atom is -0.481 e. The van der Waals surface area contributed by atoms with Gasteiger partial charge >= 0.3 is 5.97 Å². The molecule has 0 spiro atoms. The van der Waals surface area contributed by atoms with Crippen LogP contribution in [0.2, 0.25) is 0 Å². The number of carbonyl (C=O) groups is 1. The van der Waals surface area contributed by atoms with Crippen LogP contribution >= 0.6 is 22.6 Å². The molecule has 2 aromatic rings. The Hall–Kier alpha value is -2.02. The lowest BCUT2D eigenvalue weighted by atomic mass is 9.74. The summed E-state index contributed by atoms with van der Waals surface area (Å²) in [4.78, 5) is 20.7. The zero-order chi connectivity index (χ0) is 17.3. The van der Waals surface area contributed by atoms with Gasteiger partial charge in [-0.3, -0.25) is 14.8 Å². The molecule has 4 nitrogen and oxygen atoms in total. The maximum Gasteiger partial charge on any atom is 0.313 e. The van der Waals surface area contributed by atoms with E-state index in [0.29, 0.717) is 5.71 Å². The Labute approximate surface area is 154 Å². The van der Waals surface area contributed by atoms with Crippen LogP contribution in [0.3, 0.4) is 0 Å². The SMILES string of the molecule is CC1=NC(C)=C(c2cccnc2)C(c2ccc(I)cc2)C1C(=O)O. The highest BCUT2D eigenvalue weighted by atomic mass is 127. The number of aliphatic carboxylic acids is 1. The van der Waals surface area contributed by atoms with Crippen molar-refractivity contribution in [3.63, 3.8) is 0 Å². The van der Waals surface area contributed by atoms with Crippen molar-refractivity contribution in [3.05, 3.63) is 69.2 Å². The van der Waals surface area contributed by atoms with E-state index in [1.54, 1.807) is 19.3 Å². The molecule has 24 heavy (non-hydrogen) atoms. The Balaban J connectivity index is 2.23. The van der Waals surface area contributed by atoms with E-state index in [2.05, 4.69) is 32.6 Å². The van der Waals surface area contributed by atoms with Crippen molar-refractivity contribution in [1.82, 2.24) is 4.98 Å². The van der Waals surface area contributed by atoms with Gasteiger partial charge in [-0.15, -0.1) is 0 Å². The van der Waals surface area contributed by atoms with Crippen LogP contribution in [0.5, 0.6) is 0 Å². The number of hydrogen-bond acceptors (Lipinski definition) is 3. The monoisotopic (exact) mass is 432 g/mol. The van der Waals surface area contributed by atoms with E-state index < -0.39 is 11.9 Å². The molecule has 1 aromatic heterocycles. The van der Waals surface area contributed by atoms with E-state index in [-0.39, 0.29) is 5.92 Å². The first-order valence-electron chi connectivity index (χ1n) is 7.63. The highest BCUT2D eigenvalue weighted by molar-refractivity contribution is 14.1. The van der Waals surface area contributed by atoms with Gasteiger partial charge in [-0.05, 0) is 71.3 Å². The first-order valence-corrected chi connectivity index (χ1v) is 8.71. The molecule has 0 radical (unpaired) electrons. The predicted molar refractivity (Wildman–Crippen MR) is 103 cm³/mol. The third-order valence-corrected chi connectivity index (χ3v) is 5.02. The van der Waals surface area contributed by atoms with E-state index in [1.807, 2.05) is 43.3 Å². The van der Waals surface area contributed by atoms with Gasteiger partial charge in [-0.1, -0.05) is 18.2 Å². The molecule has 5 heteroatoms. The third-order valence-electron chi connectivity index (χ3n) is 4.30. The van der Waals surface area contributed by atoms with Crippen molar-refractivity contribution in [2.24, 2.45) is 10.9 Å². The number of carboxylic acid groups (broad SMARTS) is 1. The van der Waals surface area contributed by atoms with Crippen LogP contribution in [0.15, 0.2) is 59.5 Å². The Kier molecular flexibility index (Phi) is 4.80. The van der Waals surface area contributed by atoms with Gasteiger partial charge in [0.05, 0.1) is 0 Å². The van der Waals surface area contributed by atoms with Gasteiger partial charge in [0.25, 0.3) is 0 Å². The van der Waals surface area contributed by atoms with Crippen LogP contribution in [-0.4, -0.2) is 21.8 Å². The predicted octanol–water partition coefficient (Wildman–Crippen LogP) is 4.38. The molecule has 0 saturated heterocycles.